The summed E-state index contributed by atoms with van der Waals surface area (Å²) in [6, 6.07) is 4.80. The zero-order valence-electron chi connectivity index (χ0n) is 12.8. The zero-order valence-corrected chi connectivity index (χ0v) is 12.8. The van der Waals surface area contributed by atoms with Crippen LogP contribution in [0.2, 0.25) is 0 Å². The summed E-state index contributed by atoms with van der Waals surface area (Å²) in [4.78, 5) is 30.5. The third-order valence-electron chi connectivity index (χ3n) is 4.01. The number of piperazine rings is 1. The van der Waals surface area contributed by atoms with Crippen LogP contribution in [0.1, 0.15) is 5.56 Å². The van der Waals surface area contributed by atoms with Crippen LogP contribution in [-0.4, -0.2) is 51.6 Å². The summed E-state index contributed by atoms with van der Waals surface area (Å²) in [5.41, 5.74) is 1.94. The molecular formula is C15H17N5O3. The van der Waals surface area contributed by atoms with Crippen LogP contribution in [0.4, 0.5) is 16.2 Å². The average Bonchev–Trinajstić information content (AvgIpc) is 3.08. The third kappa shape index (κ3) is 3.01. The number of non-ortho nitro benzene ring substituents is 1. The molecule has 120 valence electrons. The highest BCUT2D eigenvalue weighted by atomic mass is 16.6. The van der Waals surface area contributed by atoms with Gasteiger partial charge in [0.2, 0.25) is 0 Å². The third-order valence-corrected chi connectivity index (χ3v) is 4.01. The first-order chi connectivity index (χ1) is 11.1. The fraction of sp³-hybridized carbons (Fsp3) is 0.333. The van der Waals surface area contributed by atoms with Crippen LogP contribution in [-0.2, 0) is 0 Å². The molecule has 0 radical (unpaired) electrons. The lowest BCUT2D eigenvalue weighted by Gasteiger charge is -2.36. The Bertz CT molecular complexity index is 721. The molecule has 2 heterocycles. The van der Waals surface area contributed by atoms with Crippen LogP contribution in [0.3, 0.4) is 0 Å². The maximum absolute atomic E-state index is 12.2. The zero-order chi connectivity index (χ0) is 16.4. The van der Waals surface area contributed by atoms with E-state index in [0.717, 1.165) is 11.3 Å². The minimum atomic E-state index is -0.390. The Morgan fingerprint density at radius 2 is 2.00 bits per heavy atom. The molecule has 2 aromatic rings. The quantitative estimate of drug-likeness (QED) is 0.624. The van der Waals surface area contributed by atoms with Crippen molar-refractivity contribution in [3.05, 3.63) is 52.6 Å². The van der Waals surface area contributed by atoms with Crippen LogP contribution >= 0.6 is 0 Å². The molecule has 0 aliphatic carbocycles. The smallest absolute Gasteiger partial charge is 0.329 e. The van der Waals surface area contributed by atoms with Gasteiger partial charge < -0.3 is 9.80 Å². The van der Waals surface area contributed by atoms with Gasteiger partial charge in [-0.15, -0.1) is 0 Å². The van der Waals surface area contributed by atoms with Crippen molar-refractivity contribution >= 4 is 17.4 Å². The van der Waals surface area contributed by atoms with Gasteiger partial charge in [0.15, 0.2) is 0 Å². The molecule has 0 saturated carbocycles. The maximum Gasteiger partial charge on any atom is 0.329 e. The highest BCUT2D eigenvalue weighted by molar-refractivity contribution is 5.77. The Balaban J connectivity index is 1.67. The molecule has 1 amide bonds. The molecule has 8 heteroatoms. The Labute approximate surface area is 133 Å². The van der Waals surface area contributed by atoms with Crippen LogP contribution in [0.15, 0.2) is 36.9 Å². The lowest BCUT2D eigenvalue weighted by molar-refractivity contribution is -0.384. The first-order valence-electron chi connectivity index (χ1n) is 7.33. The van der Waals surface area contributed by atoms with Crippen molar-refractivity contribution in [2.24, 2.45) is 0 Å². The Morgan fingerprint density at radius 3 is 2.57 bits per heavy atom. The number of rotatable bonds is 2. The van der Waals surface area contributed by atoms with Crippen molar-refractivity contribution < 1.29 is 9.72 Å². The second kappa shape index (κ2) is 6.07. The van der Waals surface area contributed by atoms with Crippen molar-refractivity contribution in [3.8, 4) is 0 Å². The van der Waals surface area contributed by atoms with Crippen molar-refractivity contribution in [1.29, 1.82) is 0 Å². The molecule has 3 rings (SSSR count). The summed E-state index contributed by atoms with van der Waals surface area (Å²) in [5, 5.41) is 10.8. The molecule has 1 aliphatic rings. The molecule has 0 N–H and O–H groups in total. The Kier molecular flexibility index (Phi) is 3.96. The van der Waals surface area contributed by atoms with Gasteiger partial charge in [-0.2, -0.15) is 0 Å². The van der Waals surface area contributed by atoms with Crippen LogP contribution in [0, 0.1) is 17.0 Å². The molecule has 1 aliphatic heterocycles. The van der Waals surface area contributed by atoms with E-state index in [4.69, 9.17) is 0 Å². The molecule has 0 unspecified atom stereocenters. The Hall–Kier alpha value is -2.90. The minimum Gasteiger partial charge on any atom is -0.368 e. The number of nitrogens with zero attached hydrogens (tertiary/aromatic N) is 5. The van der Waals surface area contributed by atoms with E-state index < -0.39 is 4.92 Å². The highest BCUT2D eigenvalue weighted by Crippen LogP contribution is 2.25. The number of hydrogen-bond acceptors (Lipinski definition) is 5. The second-order valence-electron chi connectivity index (χ2n) is 5.45. The lowest BCUT2D eigenvalue weighted by Crippen LogP contribution is -2.50. The van der Waals surface area contributed by atoms with E-state index in [0.29, 0.717) is 26.2 Å². The normalized spacial score (nSPS) is 14.8. The molecule has 1 saturated heterocycles. The standard InChI is InChI=1S/C15H17N5O3/c1-12-10-13(20(22)23)2-3-14(12)17-6-8-18(9-7-17)15(21)19-5-4-16-11-19/h2-5,10-11H,6-9H2,1H3. The molecule has 0 spiro atoms. The summed E-state index contributed by atoms with van der Waals surface area (Å²) in [5.74, 6) is 0. The number of anilines is 1. The number of hydrogen-bond donors (Lipinski definition) is 0. The molecule has 1 fully saturated rings. The lowest BCUT2D eigenvalue weighted by atomic mass is 10.1. The van der Waals surface area contributed by atoms with E-state index >= 15 is 0 Å². The molecule has 0 atom stereocenters. The SMILES string of the molecule is Cc1cc([N+](=O)[O-])ccc1N1CCN(C(=O)n2ccnc2)CC1. The van der Waals surface area contributed by atoms with Crippen LogP contribution < -0.4 is 4.90 Å². The number of carbonyl (C=O) groups is 1. The average molecular weight is 315 g/mol. The summed E-state index contributed by atoms with van der Waals surface area (Å²) >= 11 is 0. The molecule has 1 aromatic heterocycles. The first kappa shape index (κ1) is 15.0. The van der Waals surface area contributed by atoms with Crippen molar-refractivity contribution in [2.45, 2.75) is 6.92 Å². The second-order valence-corrected chi connectivity index (χ2v) is 5.45. The molecule has 23 heavy (non-hydrogen) atoms. The number of benzene rings is 1. The van der Waals surface area contributed by atoms with E-state index in [1.807, 2.05) is 6.92 Å². The van der Waals surface area contributed by atoms with Gasteiger partial charge in [-0.1, -0.05) is 0 Å². The van der Waals surface area contributed by atoms with Gasteiger partial charge in [0.05, 0.1) is 4.92 Å². The summed E-state index contributed by atoms with van der Waals surface area (Å²) in [6.45, 7) is 4.46. The van der Waals surface area contributed by atoms with Gasteiger partial charge in [0.1, 0.15) is 6.33 Å². The van der Waals surface area contributed by atoms with E-state index in [1.54, 1.807) is 29.4 Å². The summed E-state index contributed by atoms with van der Waals surface area (Å²) in [6.07, 6.45) is 4.71. The molecule has 1 aromatic carbocycles. The Morgan fingerprint density at radius 1 is 1.26 bits per heavy atom. The van der Waals surface area contributed by atoms with E-state index in [9.17, 15) is 14.9 Å². The highest BCUT2D eigenvalue weighted by Gasteiger charge is 2.23. The largest absolute Gasteiger partial charge is 0.368 e. The number of nitro benzene ring substituents is 1. The molecule has 0 bridgehead atoms. The van der Waals surface area contributed by atoms with E-state index in [1.165, 1.54) is 17.0 Å². The fourth-order valence-electron chi connectivity index (χ4n) is 2.78. The monoisotopic (exact) mass is 315 g/mol. The predicted octanol–water partition coefficient (Wildman–Crippen LogP) is 1.89. The molecule has 8 nitrogen and oxygen atoms in total. The van der Waals surface area contributed by atoms with Crippen LogP contribution in [0.5, 0.6) is 0 Å². The van der Waals surface area contributed by atoms with Crippen molar-refractivity contribution in [1.82, 2.24) is 14.5 Å². The van der Waals surface area contributed by atoms with Gasteiger partial charge in [0, 0.05) is 56.4 Å². The molecular weight excluding hydrogens is 298 g/mol. The summed E-state index contributed by atoms with van der Waals surface area (Å²) in [7, 11) is 0. The van der Waals surface area contributed by atoms with Gasteiger partial charge >= 0.3 is 6.03 Å². The van der Waals surface area contributed by atoms with E-state index in [2.05, 4.69) is 9.88 Å². The van der Waals surface area contributed by atoms with E-state index in [-0.39, 0.29) is 11.7 Å². The first-order valence-corrected chi connectivity index (χ1v) is 7.33. The van der Waals surface area contributed by atoms with Crippen LogP contribution in [0.25, 0.3) is 0 Å². The summed E-state index contributed by atoms with van der Waals surface area (Å²) < 4.78 is 1.47. The van der Waals surface area contributed by atoms with Gasteiger partial charge in [-0.3, -0.25) is 14.7 Å². The van der Waals surface area contributed by atoms with Crippen molar-refractivity contribution in [3.63, 3.8) is 0 Å². The number of amides is 1. The number of aromatic nitrogens is 2. The predicted molar refractivity (Wildman–Crippen MR) is 84.6 cm³/mol. The van der Waals surface area contributed by atoms with Gasteiger partial charge in [-0.05, 0) is 18.6 Å². The number of nitro groups is 1. The minimum absolute atomic E-state index is 0.0810. The van der Waals surface area contributed by atoms with Gasteiger partial charge in [-0.25, -0.2) is 9.78 Å². The number of carbonyl (C=O) groups excluding carboxylic acids is 1. The topological polar surface area (TPSA) is 84.5 Å². The number of imidazole rings is 1. The van der Waals surface area contributed by atoms with Gasteiger partial charge in [0.25, 0.3) is 5.69 Å². The maximum atomic E-state index is 12.2. The van der Waals surface area contributed by atoms with Crippen molar-refractivity contribution in [2.75, 3.05) is 31.1 Å². The fourth-order valence-corrected chi connectivity index (χ4v) is 2.78. The number of aryl methyl sites for hydroxylation is 1.